The second-order valence-corrected chi connectivity index (χ2v) is 3.30. The van der Waals surface area contributed by atoms with Gasteiger partial charge in [-0.05, 0) is 13.3 Å². The molecule has 0 aromatic rings. The Bertz CT molecular complexity index is 160. The van der Waals surface area contributed by atoms with Crippen LogP contribution in [-0.4, -0.2) is 43.1 Å². The summed E-state index contributed by atoms with van der Waals surface area (Å²) in [7, 11) is 0. The molecular formula is C8H17N3O. The van der Waals surface area contributed by atoms with E-state index < -0.39 is 0 Å². The third kappa shape index (κ3) is 3.19. The number of hydrogen-bond acceptors (Lipinski definition) is 3. The minimum absolute atomic E-state index is 0.240. The quantitative estimate of drug-likeness (QED) is 0.455. The molecule has 3 N–H and O–H groups in total. The average Bonchev–Trinajstić information content (AvgIpc) is 2.12. The Hall–Kier alpha value is -0.610. The predicted octanol–water partition coefficient (Wildman–Crippen LogP) is 0.0332. The highest BCUT2D eigenvalue weighted by Gasteiger charge is 2.14. The molecule has 1 fully saturated rings. The van der Waals surface area contributed by atoms with Crippen molar-refractivity contribution < 1.29 is 4.74 Å². The van der Waals surface area contributed by atoms with Gasteiger partial charge in [0.05, 0.1) is 12.6 Å². The first-order valence-electron chi connectivity index (χ1n) is 4.35. The molecule has 0 amide bonds. The third-order valence-corrected chi connectivity index (χ3v) is 1.93. The molecule has 0 bridgehead atoms. The Morgan fingerprint density at radius 2 is 2.50 bits per heavy atom. The topological polar surface area (TPSA) is 62.3 Å². The summed E-state index contributed by atoms with van der Waals surface area (Å²) in [6, 6.07) is 0. The van der Waals surface area contributed by atoms with Crippen LogP contribution in [0, 0.1) is 5.41 Å². The number of nitrogens with zero attached hydrogens (tertiary/aromatic N) is 1. The molecule has 1 unspecified atom stereocenters. The third-order valence-electron chi connectivity index (χ3n) is 1.93. The number of nitrogens with one attached hydrogen (secondary N) is 1. The molecule has 0 radical (unpaired) electrons. The molecule has 0 saturated carbocycles. The highest BCUT2D eigenvalue weighted by atomic mass is 16.5. The zero-order valence-corrected chi connectivity index (χ0v) is 7.55. The van der Waals surface area contributed by atoms with E-state index in [0.29, 0.717) is 6.54 Å². The summed E-state index contributed by atoms with van der Waals surface area (Å²) in [6.07, 6.45) is 1.31. The maximum absolute atomic E-state index is 7.16. The van der Waals surface area contributed by atoms with Gasteiger partial charge < -0.3 is 10.5 Å². The minimum atomic E-state index is 0.240. The lowest BCUT2D eigenvalue weighted by Crippen LogP contribution is -2.37. The zero-order valence-electron chi connectivity index (χ0n) is 7.55. The summed E-state index contributed by atoms with van der Waals surface area (Å²) in [5, 5.41) is 7.16. The van der Waals surface area contributed by atoms with Crippen LogP contribution in [0.4, 0.5) is 0 Å². The van der Waals surface area contributed by atoms with Crippen molar-refractivity contribution in [2.75, 3.05) is 26.2 Å². The monoisotopic (exact) mass is 171 g/mol. The van der Waals surface area contributed by atoms with E-state index in [-0.39, 0.29) is 11.9 Å². The fourth-order valence-corrected chi connectivity index (χ4v) is 1.46. The van der Waals surface area contributed by atoms with Gasteiger partial charge in [0.15, 0.2) is 0 Å². The number of ether oxygens (including phenoxy) is 1. The Morgan fingerprint density at radius 1 is 1.75 bits per heavy atom. The first kappa shape index (κ1) is 9.48. The van der Waals surface area contributed by atoms with Crippen LogP contribution >= 0.6 is 0 Å². The molecule has 4 nitrogen and oxygen atoms in total. The van der Waals surface area contributed by atoms with Crippen LogP contribution in [0.3, 0.4) is 0 Å². The van der Waals surface area contributed by atoms with Crippen LogP contribution in [0.5, 0.6) is 0 Å². The van der Waals surface area contributed by atoms with Gasteiger partial charge >= 0.3 is 0 Å². The van der Waals surface area contributed by atoms with Crippen LogP contribution in [0.2, 0.25) is 0 Å². The molecule has 0 spiro atoms. The first-order chi connectivity index (χ1) is 5.68. The Morgan fingerprint density at radius 3 is 3.17 bits per heavy atom. The van der Waals surface area contributed by atoms with Crippen molar-refractivity contribution in [3.8, 4) is 0 Å². The molecule has 0 aromatic heterocycles. The van der Waals surface area contributed by atoms with Crippen molar-refractivity contribution in [3.05, 3.63) is 0 Å². The first-order valence-corrected chi connectivity index (χ1v) is 4.35. The van der Waals surface area contributed by atoms with E-state index in [1.54, 1.807) is 0 Å². The molecule has 1 atom stereocenters. The number of hydrogen-bond donors (Lipinski definition) is 2. The molecular weight excluding hydrogens is 154 g/mol. The number of rotatable bonds is 2. The van der Waals surface area contributed by atoms with Gasteiger partial charge in [-0.1, -0.05) is 0 Å². The second kappa shape index (κ2) is 4.42. The van der Waals surface area contributed by atoms with Crippen molar-refractivity contribution >= 4 is 5.84 Å². The van der Waals surface area contributed by atoms with E-state index in [2.05, 4.69) is 11.8 Å². The van der Waals surface area contributed by atoms with E-state index in [1.807, 2.05) is 0 Å². The SMILES string of the molecule is CC1CN(CC(=N)N)CCCO1. The molecule has 12 heavy (non-hydrogen) atoms. The summed E-state index contributed by atoms with van der Waals surface area (Å²) in [5.74, 6) is 0.240. The van der Waals surface area contributed by atoms with Crippen LogP contribution in [0.15, 0.2) is 0 Å². The van der Waals surface area contributed by atoms with Crippen LogP contribution in [0.1, 0.15) is 13.3 Å². The second-order valence-electron chi connectivity index (χ2n) is 3.30. The fourth-order valence-electron chi connectivity index (χ4n) is 1.46. The Labute approximate surface area is 73.2 Å². The summed E-state index contributed by atoms with van der Waals surface area (Å²) in [6.45, 7) is 5.34. The summed E-state index contributed by atoms with van der Waals surface area (Å²) < 4.78 is 5.46. The van der Waals surface area contributed by atoms with Crippen molar-refractivity contribution in [1.29, 1.82) is 5.41 Å². The van der Waals surface area contributed by atoms with Crippen molar-refractivity contribution in [1.82, 2.24) is 4.90 Å². The van der Waals surface area contributed by atoms with Crippen LogP contribution < -0.4 is 5.73 Å². The predicted molar refractivity (Wildman–Crippen MR) is 48.4 cm³/mol. The standard InChI is InChI=1S/C8H17N3O/c1-7-5-11(6-8(9)10)3-2-4-12-7/h7H,2-6H2,1H3,(H3,9,10). The summed E-state index contributed by atoms with van der Waals surface area (Å²) in [5.41, 5.74) is 5.32. The molecule has 70 valence electrons. The van der Waals surface area contributed by atoms with Gasteiger partial charge in [-0.2, -0.15) is 0 Å². The maximum Gasteiger partial charge on any atom is 0.105 e. The van der Waals surface area contributed by atoms with Crippen molar-refractivity contribution in [2.24, 2.45) is 5.73 Å². The molecule has 0 aliphatic carbocycles. The lowest BCUT2D eigenvalue weighted by atomic mass is 10.3. The molecule has 1 rings (SSSR count). The van der Waals surface area contributed by atoms with E-state index in [0.717, 1.165) is 26.1 Å². The van der Waals surface area contributed by atoms with E-state index in [9.17, 15) is 0 Å². The van der Waals surface area contributed by atoms with Gasteiger partial charge in [-0.15, -0.1) is 0 Å². The van der Waals surface area contributed by atoms with Gasteiger partial charge in [0.25, 0.3) is 0 Å². The van der Waals surface area contributed by atoms with Crippen LogP contribution in [0.25, 0.3) is 0 Å². The van der Waals surface area contributed by atoms with Gasteiger partial charge in [-0.3, -0.25) is 10.3 Å². The van der Waals surface area contributed by atoms with Gasteiger partial charge in [-0.25, -0.2) is 0 Å². The smallest absolute Gasteiger partial charge is 0.105 e. The van der Waals surface area contributed by atoms with Crippen LogP contribution in [-0.2, 0) is 4.74 Å². The minimum Gasteiger partial charge on any atom is -0.387 e. The van der Waals surface area contributed by atoms with Gasteiger partial charge in [0.1, 0.15) is 5.84 Å². The lowest BCUT2D eigenvalue weighted by molar-refractivity contribution is 0.0696. The summed E-state index contributed by atoms with van der Waals surface area (Å²) >= 11 is 0. The maximum atomic E-state index is 7.16. The van der Waals surface area contributed by atoms with E-state index >= 15 is 0 Å². The largest absolute Gasteiger partial charge is 0.387 e. The fraction of sp³-hybridized carbons (Fsp3) is 0.875. The van der Waals surface area contributed by atoms with Crippen molar-refractivity contribution in [3.63, 3.8) is 0 Å². The number of nitrogens with two attached hydrogens (primary N) is 1. The molecule has 1 aliphatic heterocycles. The summed E-state index contributed by atoms with van der Waals surface area (Å²) in [4.78, 5) is 2.17. The van der Waals surface area contributed by atoms with Crippen molar-refractivity contribution in [2.45, 2.75) is 19.4 Å². The molecule has 1 aliphatic rings. The Kier molecular flexibility index (Phi) is 3.49. The highest BCUT2D eigenvalue weighted by Crippen LogP contribution is 2.04. The number of amidine groups is 1. The molecule has 4 heteroatoms. The molecule has 1 saturated heterocycles. The molecule has 1 heterocycles. The van der Waals surface area contributed by atoms with Gasteiger partial charge in [0.2, 0.25) is 0 Å². The van der Waals surface area contributed by atoms with Gasteiger partial charge in [0, 0.05) is 19.7 Å². The van der Waals surface area contributed by atoms with E-state index in [1.165, 1.54) is 0 Å². The van der Waals surface area contributed by atoms with E-state index in [4.69, 9.17) is 15.9 Å². The average molecular weight is 171 g/mol. The lowest BCUT2D eigenvalue weighted by Gasteiger charge is -2.20. The highest BCUT2D eigenvalue weighted by molar-refractivity contribution is 5.78. The zero-order chi connectivity index (χ0) is 8.97. The molecule has 0 aromatic carbocycles. The Balaban J connectivity index is 2.35. The normalized spacial score (nSPS) is 26.6.